The first kappa shape index (κ1) is 8.06. The van der Waals surface area contributed by atoms with Crippen LogP contribution in [0.15, 0.2) is 49.1 Å². The van der Waals surface area contributed by atoms with Crippen molar-refractivity contribution in [2.24, 2.45) is 5.41 Å². The Hall–Kier alpha value is -1.04. The topological polar surface area (TPSA) is 0 Å². The molecule has 0 atom stereocenters. The molecule has 0 bridgehead atoms. The fraction of sp³-hybridized carbons (Fsp3) is 0.273. The Balaban J connectivity index is 2.87. The Bertz CT molecular complexity index is 220. The van der Waals surface area contributed by atoms with E-state index in [1.165, 1.54) is 5.57 Å². The molecule has 0 aromatic heterocycles. The van der Waals surface area contributed by atoms with Crippen molar-refractivity contribution in [2.45, 2.75) is 13.3 Å². The number of rotatable bonds is 2. The van der Waals surface area contributed by atoms with Crippen LogP contribution in [0, 0.1) is 5.41 Å². The first-order chi connectivity index (χ1) is 5.22. The van der Waals surface area contributed by atoms with Gasteiger partial charge in [-0.1, -0.05) is 36.0 Å². The van der Waals surface area contributed by atoms with Crippen LogP contribution in [0.4, 0.5) is 0 Å². The molecule has 0 saturated heterocycles. The molecule has 1 rings (SSSR count). The summed E-state index contributed by atoms with van der Waals surface area (Å²) in [6, 6.07) is 0. The Labute approximate surface area is 68.6 Å². The van der Waals surface area contributed by atoms with Crippen molar-refractivity contribution >= 4 is 0 Å². The molecule has 11 heavy (non-hydrogen) atoms. The van der Waals surface area contributed by atoms with Gasteiger partial charge in [0.25, 0.3) is 0 Å². The minimum absolute atomic E-state index is 0.0134. The SMILES string of the molecule is C=CC1(C=C)C=CC(C)=CC1. The molecule has 0 aromatic rings. The highest BCUT2D eigenvalue weighted by atomic mass is 14.2. The molecule has 0 heteroatoms. The lowest BCUT2D eigenvalue weighted by molar-refractivity contribution is 0.634. The van der Waals surface area contributed by atoms with Crippen molar-refractivity contribution < 1.29 is 0 Å². The van der Waals surface area contributed by atoms with E-state index in [9.17, 15) is 0 Å². The van der Waals surface area contributed by atoms with Crippen LogP contribution < -0.4 is 0 Å². The van der Waals surface area contributed by atoms with E-state index in [-0.39, 0.29) is 5.41 Å². The molecule has 0 radical (unpaired) electrons. The van der Waals surface area contributed by atoms with Crippen LogP contribution in [0.25, 0.3) is 0 Å². The second-order valence-corrected chi connectivity index (χ2v) is 3.01. The van der Waals surface area contributed by atoms with Crippen molar-refractivity contribution in [3.8, 4) is 0 Å². The van der Waals surface area contributed by atoms with Gasteiger partial charge in [0.2, 0.25) is 0 Å². The van der Waals surface area contributed by atoms with Crippen LogP contribution in [0.2, 0.25) is 0 Å². The maximum atomic E-state index is 3.80. The number of allylic oxidation sites excluding steroid dienone is 6. The van der Waals surface area contributed by atoms with Crippen LogP contribution in [0.1, 0.15) is 13.3 Å². The molecule has 0 N–H and O–H groups in total. The third-order valence-electron chi connectivity index (χ3n) is 2.19. The minimum atomic E-state index is 0.0134. The molecule has 0 aliphatic heterocycles. The average Bonchev–Trinajstić information content (AvgIpc) is 2.07. The Kier molecular flexibility index (Phi) is 2.13. The van der Waals surface area contributed by atoms with E-state index >= 15 is 0 Å². The quantitative estimate of drug-likeness (QED) is 0.524. The van der Waals surface area contributed by atoms with Gasteiger partial charge in [-0.25, -0.2) is 0 Å². The average molecular weight is 146 g/mol. The zero-order valence-corrected chi connectivity index (χ0v) is 7.01. The summed E-state index contributed by atoms with van der Waals surface area (Å²) in [6.07, 6.45) is 11.4. The van der Waals surface area contributed by atoms with Gasteiger partial charge in [-0.3, -0.25) is 0 Å². The van der Waals surface area contributed by atoms with E-state index in [2.05, 4.69) is 38.3 Å². The van der Waals surface area contributed by atoms with Gasteiger partial charge >= 0.3 is 0 Å². The second-order valence-electron chi connectivity index (χ2n) is 3.01. The van der Waals surface area contributed by atoms with Gasteiger partial charge in [-0.05, 0) is 13.3 Å². The van der Waals surface area contributed by atoms with Gasteiger partial charge in [-0.2, -0.15) is 0 Å². The lowest BCUT2D eigenvalue weighted by Gasteiger charge is -2.23. The molecule has 1 aliphatic rings. The van der Waals surface area contributed by atoms with Gasteiger partial charge in [0, 0.05) is 5.41 Å². The van der Waals surface area contributed by atoms with Crippen LogP contribution in [0.3, 0.4) is 0 Å². The Morgan fingerprint density at radius 3 is 2.45 bits per heavy atom. The summed E-state index contributed by atoms with van der Waals surface area (Å²) in [5.74, 6) is 0. The Morgan fingerprint density at radius 2 is 2.09 bits per heavy atom. The molecule has 1 aliphatic carbocycles. The molecule has 0 aromatic carbocycles. The smallest absolute Gasteiger partial charge is 0.0274 e. The van der Waals surface area contributed by atoms with E-state index in [0.29, 0.717) is 0 Å². The molecule has 0 fully saturated rings. The van der Waals surface area contributed by atoms with Crippen LogP contribution >= 0.6 is 0 Å². The lowest BCUT2D eigenvalue weighted by atomic mass is 9.80. The lowest BCUT2D eigenvalue weighted by Crippen LogP contribution is -2.11. The van der Waals surface area contributed by atoms with Crippen molar-refractivity contribution in [1.82, 2.24) is 0 Å². The summed E-state index contributed by atoms with van der Waals surface area (Å²) in [6.45, 7) is 9.71. The van der Waals surface area contributed by atoms with Gasteiger partial charge in [0.05, 0.1) is 0 Å². The molecule has 0 heterocycles. The first-order valence-corrected chi connectivity index (χ1v) is 3.86. The third-order valence-corrected chi connectivity index (χ3v) is 2.19. The van der Waals surface area contributed by atoms with E-state index in [1.54, 1.807) is 0 Å². The molecule has 0 amide bonds. The standard InChI is InChI=1S/C11H14/c1-4-11(5-2)8-6-10(3)7-9-11/h4-8H,1-2,9H2,3H3. The molecule has 58 valence electrons. The molecular weight excluding hydrogens is 132 g/mol. The summed E-state index contributed by atoms with van der Waals surface area (Å²) in [5, 5.41) is 0. The predicted molar refractivity (Wildman–Crippen MR) is 50.3 cm³/mol. The summed E-state index contributed by atoms with van der Waals surface area (Å²) >= 11 is 0. The summed E-state index contributed by atoms with van der Waals surface area (Å²) in [4.78, 5) is 0. The van der Waals surface area contributed by atoms with Gasteiger partial charge < -0.3 is 0 Å². The monoisotopic (exact) mass is 146 g/mol. The number of hydrogen-bond acceptors (Lipinski definition) is 0. The normalized spacial score (nSPS) is 20.6. The summed E-state index contributed by atoms with van der Waals surface area (Å²) in [5.41, 5.74) is 1.34. The van der Waals surface area contributed by atoms with E-state index in [1.807, 2.05) is 12.2 Å². The molecule has 0 spiro atoms. The maximum Gasteiger partial charge on any atom is 0.0274 e. The van der Waals surface area contributed by atoms with E-state index in [0.717, 1.165) is 6.42 Å². The van der Waals surface area contributed by atoms with Crippen molar-refractivity contribution in [2.75, 3.05) is 0 Å². The third kappa shape index (κ3) is 1.51. The molecule has 0 nitrogen and oxygen atoms in total. The van der Waals surface area contributed by atoms with Crippen LogP contribution in [0.5, 0.6) is 0 Å². The van der Waals surface area contributed by atoms with Crippen molar-refractivity contribution in [3.63, 3.8) is 0 Å². The van der Waals surface area contributed by atoms with E-state index in [4.69, 9.17) is 0 Å². The van der Waals surface area contributed by atoms with E-state index < -0.39 is 0 Å². The second kappa shape index (κ2) is 2.91. The number of hydrogen-bond donors (Lipinski definition) is 0. The molecular formula is C11H14. The van der Waals surface area contributed by atoms with Crippen LogP contribution in [-0.2, 0) is 0 Å². The maximum absolute atomic E-state index is 3.80. The largest absolute Gasteiger partial charge is 0.102 e. The summed E-state index contributed by atoms with van der Waals surface area (Å²) < 4.78 is 0. The van der Waals surface area contributed by atoms with Crippen LogP contribution in [-0.4, -0.2) is 0 Å². The highest BCUT2D eigenvalue weighted by Gasteiger charge is 2.19. The van der Waals surface area contributed by atoms with Gasteiger partial charge in [0.1, 0.15) is 0 Å². The fourth-order valence-electron chi connectivity index (χ4n) is 1.15. The molecule has 0 saturated carbocycles. The first-order valence-electron chi connectivity index (χ1n) is 3.86. The van der Waals surface area contributed by atoms with Gasteiger partial charge in [0.15, 0.2) is 0 Å². The van der Waals surface area contributed by atoms with Gasteiger partial charge in [-0.15, -0.1) is 13.2 Å². The molecule has 0 unspecified atom stereocenters. The fourth-order valence-corrected chi connectivity index (χ4v) is 1.15. The minimum Gasteiger partial charge on any atom is -0.102 e. The zero-order valence-electron chi connectivity index (χ0n) is 7.01. The predicted octanol–water partition coefficient (Wildman–Crippen LogP) is 3.25. The zero-order chi connectivity index (χ0) is 8.32. The highest BCUT2D eigenvalue weighted by Crippen LogP contribution is 2.31. The van der Waals surface area contributed by atoms with Crippen molar-refractivity contribution in [1.29, 1.82) is 0 Å². The van der Waals surface area contributed by atoms with Crippen molar-refractivity contribution in [3.05, 3.63) is 49.1 Å². The summed E-state index contributed by atoms with van der Waals surface area (Å²) in [7, 11) is 0. The Morgan fingerprint density at radius 1 is 1.45 bits per heavy atom. The highest BCUT2D eigenvalue weighted by molar-refractivity contribution is 5.31.